The Labute approximate surface area is 163 Å². The van der Waals surface area contributed by atoms with Gasteiger partial charge in [0.1, 0.15) is 12.7 Å². The van der Waals surface area contributed by atoms with Crippen molar-refractivity contribution in [1.29, 1.82) is 0 Å². The second-order valence-electron chi connectivity index (χ2n) is 6.48. The van der Waals surface area contributed by atoms with Crippen LogP contribution in [0.3, 0.4) is 0 Å². The Balaban J connectivity index is 2.06. The van der Waals surface area contributed by atoms with E-state index in [1.807, 2.05) is 0 Å². The number of aromatic nitrogens is 3. The molecule has 1 aromatic carbocycles. The fourth-order valence-electron chi connectivity index (χ4n) is 3.33. The number of benzene rings is 1. The van der Waals surface area contributed by atoms with Crippen LogP contribution < -0.4 is 0 Å². The summed E-state index contributed by atoms with van der Waals surface area (Å²) in [5, 5.41) is 5.23. The van der Waals surface area contributed by atoms with Crippen LogP contribution in [0.4, 0.5) is 0 Å². The van der Waals surface area contributed by atoms with Gasteiger partial charge in [-0.05, 0) is 30.9 Å². The summed E-state index contributed by atoms with van der Waals surface area (Å²) in [4.78, 5) is 15.9. The SMILES string of the molecule is CC(=O)OC(/C(=C\C1CCCCC1)n1cncn1)c1ccc(Cl)cc1Cl. The number of esters is 1. The molecule has 1 aliphatic rings. The van der Waals surface area contributed by atoms with Gasteiger partial charge in [-0.25, -0.2) is 9.67 Å². The Bertz CT molecular complexity index is 784. The molecule has 0 N–H and O–H groups in total. The van der Waals surface area contributed by atoms with Crippen molar-refractivity contribution in [2.24, 2.45) is 5.92 Å². The summed E-state index contributed by atoms with van der Waals surface area (Å²) in [5.41, 5.74) is 1.41. The second kappa shape index (κ2) is 8.69. The highest BCUT2D eigenvalue weighted by Gasteiger charge is 2.26. The van der Waals surface area contributed by atoms with Gasteiger partial charge in [-0.1, -0.05) is 54.6 Å². The smallest absolute Gasteiger partial charge is 0.303 e. The summed E-state index contributed by atoms with van der Waals surface area (Å²) in [5.74, 6) is 0.0164. The first-order valence-electron chi connectivity index (χ1n) is 8.73. The predicted octanol–water partition coefficient (Wildman–Crippen LogP) is 5.31. The van der Waals surface area contributed by atoms with Crippen molar-refractivity contribution in [1.82, 2.24) is 14.8 Å². The molecule has 0 spiro atoms. The lowest BCUT2D eigenvalue weighted by atomic mass is 9.87. The van der Waals surface area contributed by atoms with Crippen molar-refractivity contribution in [3.63, 3.8) is 0 Å². The van der Waals surface area contributed by atoms with Gasteiger partial charge in [-0.3, -0.25) is 4.79 Å². The third-order valence-corrected chi connectivity index (χ3v) is 5.10. The van der Waals surface area contributed by atoms with Gasteiger partial charge >= 0.3 is 5.97 Å². The number of hydrogen-bond donors (Lipinski definition) is 0. The highest BCUT2D eigenvalue weighted by molar-refractivity contribution is 6.35. The molecular formula is C19H21Cl2N3O2. The molecule has 1 saturated carbocycles. The van der Waals surface area contributed by atoms with Crippen LogP contribution in [0.15, 0.2) is 36.9 Å². The monoisotopic (exact) mass is 393 g/mol. The lowest BCUT2D eigenvalue weighted by molar-refractivity contribution is -0.144. The van der Waals surface area contributed by atoms with Gasteiger partial charge in [0.2, 0.25) is 0 Å². The van der Waals surface area contributed by atoms with Crippen LogP contribution in [0.2, 0.25) is 10.0 Å². The maximum Gasteiger partial charge on any atom is 0.303 e. The Morgan fingerprint density at radius 1 is 1.31 bits per heavy atom. The zero-order valence-corrected chi connectivity index (χ0v) is 16.1. The molecule has 0 amide bonds. The number of carbonyl (C=O) groups excluding carboxylic acids is 1. The first-order chi connectivity index (χ1) is 12.5. The molecule has 138 valence electrons. The summed E-state index contributed by atoms with van der Waals surface area (Å²) >= 11 is 12.4. The van der Waals surface area contributed by atoms with Crippen LogP contribution in [0.1, 0.15) is 50.7 Å². The molecular weight excluding hydrogens is 373 g/mol. The summed E-state index contributed by atoms with van der Waals surface area (Å²) in [6, 6.07) is 5.16. The molecule has 5 nitrogen and oxygen atoms in total. The molecule has 1 heterocycles. The lowest BCUT2D eigenvalue weighted by Crippen LogP contribution is -2.17. The normalized spacial score (nSPS) is 17.1. The molecule has 1 aliphatic carbocycles. The van der Waals surface area contributed by atoms with E-state index in [4.69, 9.17) is 27.9 Å². The number of rotatable bonds is 5. The molecule has 1 fully saturated rings. The Morgan fingerprint density at radius 3 is 2.69 bits per heavy atom. The predicted molar refractivity (Wildman–Crippen MR) is 102 cm³/mol. The van der Waals surface area contributed by atoms with Gasteiger partial charge in [-0.2, -0.15) is 5.10 Å². The van der Waals surface area contributed by atoms with Crippen LogP contribution in [-0.4, -0.2) is 20.7 Å². The van der Waals surface area contributed by atoms with Crippen molar-refractivity contribution in [2.45, 2.75) is 45.1 Å². The number of hydrogen-bond acceptors (Lipinski definition) is 4. The van der Waals surface area contributed by atoms with Crippen LogP contribution in [0, 0.1) is 5.92 Å². The van der Waals surface area contributed by atoms with E-state index < -0.39 is 12.1 Å². The highest BCUT2D eigenvalue weighted by atomic mass is 35.5. The van der Waals surface area contributed by atoms with E-state index in [9.17, 15) is 4.79 Å². The number of ether oxygens (including phenoxy) is 1. The van der Waals surface area contributed by atoms with E-state index in [0.717, 1.165) is 18.5 Å². The minimum atomic E-state index is -0.680. The molecule has 1 atom stereocenters. The van der Waals surface area contributed by atoms with Crippen molar-refractivity contribution >= 4 is 34.9 Å². The average Bonchev–Trinajstić information content (AvgIpc) is 3.13. The number of carbonyl (C=O) groups is 1. The van der Waals surface area contributed by atoms with Crippen LogP contribution in [-0.2, 0) is 9.53 Å². The molecule has 0 saturated heterocycles. The van der Waals surface area contributed by atoms with E-state index >= 15 is 0 Å². The van der Waals surface area contributed by atoms with Gasteiger partial charge in [-0.15, -0.1) is 0 Å². The molecule has 7 heteroatoms. The third-order valence-electron chi connectivity index (χ3n) is 4.54. The largest absolute Gasteiger partial charge is 0.451 e. The van der Waals surface area contributed by atoms with E-state index in [1.54, 1.807) is 29.2 Å². The summed E-state index contributed by atoms with van der Waals surface area (Å²) < 4.78 is 7.31. The highest BCUT2D eigenvalue weighted by Crippen LogP contribution is 2.37. The van der Waals surface area contributed by atoms with Crippen molar-refractivity contribution in [3.8, 4) is 0 Å². The standard InChI is InChI=1S/C19H21Cl2N3O2/c1-13(25)26-19(16-8-7-15(20)10-17(16)21)18(24-12-22-11-23-24)9-14-5-3-2-4-6-14/h7-12,14,19H,2-6H2,1H3/b18-9+. The molecule has 2 aromatic rings. The van der Waals surface area contributed by atoms with E-state index in [1.165, 1.54) is 32.5 Å². The summed E-state index contributed by atoms with van der Waals surface area (Å²) in [7, 11) is 0. The average molecular weight is 394 g/mol. The van der Waals surface area contributed by atoms with Crippen molar-refractivity contribution < 1.29 is 9.53 Å². The third kappa shape index (κ3) is 4.65. The van der Waals surface area contributed by atoms with Gasteiger partial charge in [0, 0.05) is 22.5 Å². The molecule has 0 bridgehead atoms. The first-order valence-corrected chi connectivity index (χ1v) is 9.49. The number of allylic oxidation sites excluding steroid dienone is 1. The van der Waals surface area contributed by atoms with Gasteiger partial charge < -0.3 is 4.74 Å². The van der Waals surface area contributed by atoms with E-state index in [-0.39, 0.29) is 0 Å². The Morgan fingerprint density at radius 2 is 2.08 bits per heavy atom. The van der Waals surface area contributed by atoms with Crippen LogP contribution in [0.5, 0.6) is 0 Å². The van der Waals surface area contributed by atoms with E-state index in [0.29, 0.717) is 21.5 Å². The molecule has 3 rings (SSSR count). The lowest BCUT2D eigenvalue weighted by Gasteiger charge is -2.25. The quantitative estimate of drug-likeness (QED) is 0.645. The molecule has 1 aromatic heterocycles. The molecule has 0 radical (unpaired) electrons. The van der Waals surface area contributed by atoms with Gasteiger partial charge in [0.15, 0.2) is 6.10 Å². The fourth-order valence-corrected chi connectivity index (χ4v) is 3.84. The number of nitrogens with zero attached hydrogens (tertiary/aromatic N) is 3. The van der Waals surface area contributed by atoms with Crippen LogP contribution >= 0.6 is 23.2 Å². The number of halogens is 2. The van der Waals surface area contributed by atoms with Gasteiger partial charge in [0.05, 0.1) is 5.70 Å². The fraction of sp³-hybridized carbons (Fsp3) is 0.421. The summed E-state index contributed by atoms with van der Waals surface area (Å²) in [6.07, 6.45) is 10.4. The topological polar surface area (TPSA) is 57.0 Å². The molecule has 1 unspecified atom stereocenters. The van der Waals surface area contributed by atoms with E-state index in [2.05, 4.69) is 16.2 Å². The minimum Gasteiger partial charge on any atom is -0.451 e. The van der Waals surface area contributed by atoms with Gasteiger partial charge in [0.25, 0.3) is 0 Å². The van der Waals surface area contributed by atoms with Crippen molar-refractivity contribution in [3.05, 3.63) is 52.5 Å². The van der Waals surface area contributed by atoms with Crippen molar-refractivity contribution in [2.75, 3.05) is 0 Å². The zero-order chi connectivity index (χ0) is 18.5. The molecule has 26 heavy (non-hydrogen) atoms. The zero-order valence-electron chi connectivity index (χ0n) is 14.6. The maximum atomic E-state index is 11.8. The first kappa shape index (κ1) is 18.9. The second-order valence-corrected chi connectivity index (χ2v) is 7.33. The Hall–Kier alpha value is -1.85. The Kier molecular flexibility index (Phi) is 6.33. The van der Waals surface area contributed by atoms with Crippen LogP contribution in [0.25, 0.3) is 5.70 Å². The molecule has 0 aliphatic heterocycles. The summed E-state index contributed by atoms with van der Waals surface area (Å²) in [6.45, 7) is 1.39. The minimum absolute atomic E-state index is 0.393. The maximum absolute atomic E-state index is 11.8.